The van der Waals surface area contributed by atoms with E-state index in [2.05, 4.69) is 127 Å². The third-order valence-electron chi connectivity index (χ3n) is 4.29. The highest BCUT2D eigenvalue weighted by Crippen LogP contribution is 2.25. The molecule has 132 valence electrons. The Morgan fingerprint density at radius 1 is 0.654 bits per heavy atom. The van der Waals surface area contributed by atoms with Gasteiger partial charge in [0.2, 0.25) is 0 Å². The van der Waals surface area contributed by atoms with Gasteiger partial charge in [-0.1, -0.05) is 85.3 Å². The minimum absolute atomic E-state index is 0.182. The zero-order chi connectivity index (χ0) is 18.6. The second-order valence-corrected chi connectivity index (χ2v) is 8.37. The van der Waals surface area contributed by atoms with Crippen molar-refractivity contribution in [3.63, 3.8) is 0 Å². The molecule has 1 nitrogen and oxygen atoms in total. The molecule has 3 rings (SSSR count). The summed E-state index contributed by atoms with van der Waals surface area (Å²) in [5.74, 6) is 0. The summed E-state index contributed by atoms with van der Waals surface area (Å²) in [7, 11) is 0. The van der Waals surface area contributed by atoms with Crippen molar-refractivity contribution < 1.29 is 0 Å². The molecule has 1 N–H and O–H groups in total. The van der Waals surface area contributed by atoms with Crippen LogP contribution in [0.3, 0.4) is 0 Å². The number of anilines is 2. The lowest BCUT2D eigenvalue weighted by Crippen LogP contribution is -2.10. The molecule has 0 spiro atoms. The lowest BCUT2D eigenvalue weighted by atomic mass is 9.87. The van der Waals surface area contributed by atoms with Gasteiger partial charge in [0, 0.05) is 15.8 Å². The van der Waals surface area contributed by atoms with Gasteiger partial charge < -0.3 is 5.32 Å². The van der Waals surface area contributed by atoms with Gasteiger partial charge in [-0.2, -0.15) is 0 Å². The molecule has 0 amide bonds. The summed E-state index contributed by atoms with van der Waals surface area (Å²) in [6.45, 7) is 6.70. The van der Waals surface area contributed by atoms with Crippen LogP contribution in [-0.2, 0) is 5.41 Å². The van der Waals surface area contributed by atoms with Crippen LogP contribution in [0.4, 0.5) is 11.4 Å². The second-order valence-electron chi connectivity index (χ2n) is 7.46. The maximum Gasteiger partial charge on any atom is 0.0384 e. The highest BCUT2D eigenvalue weighted by atomic mass is 79.9. The van der Waals surface area contributed by atoms with Gasteiger partial charge in [-0.3, -0.25) is 0 Å². The van der Waals surface area contributed by atoms with Gasteiger partial charge >= 0.3 is 0 Å². The predicted octanol–water partition coefficient (Wildman–Crippen LogP) is 7.66. The van der Waals surface area contributed by atoms with Gasteiger partial charge in [0.15, 0.2) is 0 Å². The zero-order valence-electron chi connectivity index (χ0n) is 15.5. The molecule has 0 aromatic heterocycles. The maximum atomic E-state index is 3.46. The summed E-state index contributed by atoms with van der Waals surface area (Å²) >= 11 is 3.46. The molecular formula is C24H24BrN. The second kappa shape index (κ2) is 7.92. The highest BCUT2D eigenvalue weighted by molar-refractivity contribution is 9.10. The van der Waals surface area contributed by atoms with Crippen LogP contribution in [0.15, 0.2) is 77.3 Å². The lowest BCUT2D eigenvalue weighted by molar-refractivity contribution is 0.590. The van der Waals surface area contributed by atoms with E-state index in [1.165, 1.54) is 16.7 Å². The van der Waals surface area contributed by atoms with Crippen LogP contribution in [0.5, 0.6) is 0 Å². The van der Waals surface area contributed by atoms with Crippen LogP contribution < -0.4 is 5.32 Å². The lowest BCUT2D eigenvalue weighted by Gasteiger charge is -2.19. The van der Waals surface area contributed by atoms with Crippen molar-refractivity contribution in [3.05, 3.63) is 94.0 Å². The minimum Gasteiger partial charge on any atom is -0.356 e. The Bertz CT molecular complexity index is 867. The molecule has 0 heterocycles. The Balaban J connectivity index is 1.65. The molecule has 3 aromatic rings. The molecular weight excluding hydrogens is 382 g/mol. The third-order valence-corrected chi connectivity index (χ3v) is 4.82. The van der Waals surface area contributed by atoms with Crippen LogP contribution >= 0.6 is 15.9 Å². The number of benzene rings is 3. The molecule has 0 radical (unpaired) electrons. The summed E-state index contributed by atoms with van der Waals surface area (Å²) in [6, 6.07) is 25.4. The fourth-order valence-electron chi connectivity index (χ4n) is 2.66. The van der Waals surface area contributed by atoms with Gasteiger partial charge in [-0.15, -0.1) is 0 Å². The molecule has 0 aliphatic heterocycles. The first-order valence-corrected chi connectivity index (χ1v) is 9.61. The average molecular weight is 406 g/mol. The fraction of sp³-hybridized carbons (Fsp3) is 0.167. The van der Waals surface area contributed by atoms with Crippen LogP contribution in [-0.4, -0.2) is 0 Å². The SMILES string of the molecule is CC(C)(C)c1ccc(Nc2ccc(C=Cc3ccc(Br)cc3)cc2)cc1. The normalized spacial score (nSPS) is 11.7. The molecule has 0 unspecified atom stereocenters. The summed E-state index contributed by atoms with van der Waals surface area (Å²) in [5, 5.41) is 3.46. The van der Waals surface area contributed by atoms with Crippen molar-refractivity contribution >= 4 is 39.5 Å². The highest BCUT2D eigenvalue weighted by Gasteiger charge is 2.12. The van der Waals surface area contributed by atoms with E-state index in [1.807, 2.05) is 0 Å². The number of halogens is 1. The summed E-state index contributed by atoms with van der Waals surface area (Å²) in [5.41, 5.74) is 6.10. The molecule has 0 bridgehead atoms. The predicted molar refractivity (Wildman–Crippen MR) is 118 cm³/mol. The molecule has 0 atom stereocenters. The summed E-state index contributed by atoms with van der Waals surface area (Å²) in [4.78, 5) is 0. The van der Waals surface area contributed by atoms with Crippen molar-refractivity contribution in [2.45, 2.75) is 26.2 Å². The first-order valence-electron chi connectivity index (χ1n) is 8.81. The third kappa shape index (κ3) is 5.09. The molecule has 2 heteroatoms. The van der Waals surface area contributed by atoms with Gasteiger partial charge in [-0.25, -0.2) is 0 Å². The first-order chi connectivity index (χ1) is 12.4. The molecule has 0 aliphatic rings. The summed E-state index contributed by atoms with van der Waals surface area (Å²) < 4.78 is 1.10. The van der Waals surface area contributed by atoms with E-state index >= 15 is 0 Å². The maximum absolute atomic E-state index is 3.46. The molecule has 0 aliphatic carbocycles. The smallest absolute Gasteiger partial charge is 0.0384 e. The largest absolute Gasteiger partial charge is 0.356 e. The van der Waals surface area contributed by atoms with E-state index in [-0.39, 0.29) is 5.41 Å². The molecule has 0 saturated carbocycles. The van der Waals surface area contributed by atoms with E-state index in [0.29, 0.717) is 0 Å². The molecule has 0 saturated heterocycles. The molecule has 0 fully saturated rings. The Hall–Kier alpha value is -2.32. The van der Waals surface area contributed by atoms with E-state index in [1.54, 1.807) is 0 Å². The van der Waals surface area contributed by atoms with Gasteiger partial charge in [0.25, 0.3) is 0 Å². The van der Waals surface area contributed by atoms with Crippen molar-refractivity contribution in [3.8, 4) is 0 Å². The Morgan fingerprint density at radius 2 is 1.08 bits per heavy atom. The van der Waals surface area contributed by atoms with Crippen LogP contribution in [0, 0.1) is 0 Å². The number of rotatable bonds is 4. The first kappa shape index (κ1) is 18.5. The van der Waals surface area contributed by atoms with Crippen LogP contribution in [0.25, 0.3) is 12.2 Å². The average Bonchev–Trinajstić information content (AvgIpc) is 2.62. The molecule has 26 heavy (non-hydrogen) atoms. The number of hydrogen-bond donors (Lipinski definition) is 1. The van der Waals surface area contributed by atoms with Crippen molar-refractivity contribution in [2.24, 2.45) is 0 Å². The minimum atomic E-state index is 0.182. The van der Waals surface area contributed by atoms with E-state index in [4.69, 9.17) is 0 Å². The van der Waals surface area contributed by atoms with E-state index in [9.17, 15) is 0 Å². The Morgan fingerprint density at radius 3 is 1.54 bits per heavy atom. The van der Waals surface area contributed by atoms with Crippen LogP contribution in [0.2, 0.25) is 0 Å². The quantitative estimate of drug-likeness (QED) is 0.439. The fourth-order valence-corrected chi connectivity index (χ4v) is 2.93. The standard InChI is InChI=1S/C24H24BrN/c1-24(2,3)20-10-16-23(17-11-20)26-22-14-8-19(9-15-22)5-4-18-6-12-21(25)13-7-18/h4-17,26H,1-3H3. The van der Waals surface area contributed by atoms with Gasteiger partial charge in [0.05, 0.1) is 0 Å². The summed E-state index contributed by atoms with van der Waals surface area (Å²) in [6.07, 6.45) is 4.26. The van der Waals surface area contributed by atoms with Crippen molar-refractivity contribution in [2.75, 3.05) is 5.32 Å². The van der Waals surface area contributed by atoms with E-state index in [0.717, 1.165) is 15.8 Å². The number of hydrogen-bond acceptors (Lipinski definition) is 1. The van der Waals surface area contributed by atoms with Crippen molar-refractivity contribution in [1.82, 2.24) is 0 Å². The Kier molecular flexibility index (Phi) is 5.63. The molecule has 3 aromatic carbocycles. The van der Waals surface area contributed by atoms with Crippen molar-refractivity contribution in [1.29, 1.82) is 0 Å². The zero-order valence-corrected chi connectivity index (χ0v) is 17.0. The topological polar surface area (TPSA) is 12.0 Å². The van der Waals surface area contributed by atoms with Crippen LogP contribution in [0.1, 0.15) is 37.5 Å². The van der Waals surface area contributed by atoms with E-state index < -0.39 is 0 Å². The monoisotopic (exact) mass is 405 g/mol. The van der Waals surface area contributed by atoms with Gasteiger partial charge in [-0.05, 0) is 58.5 Å². The number of nitrogens with one attached hydrogen (secondary N) is 1. The van der Waals surface area contributed by atoms with Gasteiger partial charge in [0.1, 0.15) is 0 Å². The Labute approximate surface area is 164 Å².